The van der Waals surface area contributed by atoms with Gasteiger partial charge in [-0.2, -0.15) is 0 Å². The Kier molecular flexibility index (Phi) is 12.0. The van der Waals surface area contributed by atoms with Crippen molar-refractivity contribution in [2.24, 2.45) is 0 Å². The van der Waals surface area contributed by atoms with Gasteiger partial charge in [-0.3, -0.25) is 0 Å². The average Bonchev–Trinajstić information content (AvgIpc) is 2.55. The Morgan fingerprint density at radius 2 is 1.14 bits per heavy atom. The fourth-order valence-corrected chi connectivity index (χ4v) is 2.99. The summed E-state index contributed by atoms with van der Waals surface area (Å²) in [5.41, 5.74) is 1.50. The lowest BCUT2D eigenvalue weighted by molar-refractivity contribution is -0.697. The van der Waals surface area contributed by atoms with E-state index in [1.807, 2.05) is 0 Å². The summed E-state index contributed by atoms with van der Waals surface area (Å²) in [4.78, 5) is 0. The van der Waals surface area contributed by atoms with Crippen molar-refractivity contribution in [1.29, 1.82) is 0 Å². The molecule has 1 heterocycles. The van der Waals surface area contributed by atoms with Crippen LogP contribution in [0.5, 0.6) is 0 Å². The molecule has 0 aliphatic rings. The van der Waals surface area contributed by atoms with E-state index in [4.69, 9.17) is 0 Å². The van der Waals surface area contributed by atoms with Gasteiger partial charge < -0.3 is 0 Å². The number of unbranched alkanes of at least 4 members (excludes halogenated alkanes) is 10. The van der Waals surface area contributed by atoms with Gasteiger partial charge in [0.25, 0.3) is 0 Å². The number of pyridine rings is 1. The highest BCUT2D eigenvalue weighted by Crippen LogP contribution is 2.09. The number of rotatable bonds is 14. The average molecular weight is 305 g/mol. The van der Waals surface area contributed by atoms with E-state index in [1.165, 1.54) is 95.6 Å². The molecule has 0 aliphatic heterocycles. The molecule has 0 saturated heterocycles. The standard InChI is InChI=1S/C21H38N/c1-3-5-7-9-10-11-12-14-18-22-19-16-21(17-20-22)15-13-8-6-4-2/h16-17,19-20H,3-15,18H2,1-2H3/q+1. The molecule has 0 radical (unpaired) electrons. The maximum Gasteiger partial charge on any atom is 0.169 e. The quantitative estimate of drug-likeness (QED) is 0.283. The minimum atomic E-state index is 1.19. The molecule has 0 atom stereocenters. The van der Waals surface area contributed by atoms with Crippen LogP contribution in [0.2, 0.25) is 0 Å². The minimum absolute atomic E-state index is 1.19. The van der Waals surface area contributed by atoms with Gasteiger partial charge in [0, 0.05) is 18.6 Å². The number of hydrogen-bond acceptors (Lipinski definition) is 0. The van der Waals surface area contributed by atoms with Crippen molar-refractivity contribution in [2.45, 2.75) is 104 Å². The smallest absolute Gasteiger partial charge is 0.169 e. The zero-order chi connectivity index (χ0) is 15.9. The molecule has 0 fully saturated rings. The second-order valence-corrected chi connectivity index (χ2v) is 6.73. The Morgan fingerprint density at radius 3 is 1.73 bits per heavy atom. The van der Waals surface area contributed by atoms with Gasteiger partial charge in [0.2, 0.25) is 0 Å². The molecular weight excluding hydrogens is 266 g/mol. The van der Waals surface area contributed by atoms with E-state index in [1.54, 1.807) is 0 Å². The Bertz CT molecular complexity index is 341. The molecule has 1 rings (SSSR count). The second-order valence-electron chi connectivity index (χ2n) is 6.73. The minimum Gasteiger partial charge on any atom is -0.205 e. The zero-order valence-corrected chi connectivity index (χ0v) is 15.2. The van der Waals surface area contributed by atoms with Crippen LogP contribution in [0.15, 0.2) is 24.5 Å². The lowest BCUT2D eigenvalue weighted by Gasteiger charge is -2.02. The molecule has 22 heavy (non-hydrogen) atoms. The van der Waals surface area contributed by atoms with Crippen molar-refractivity contribution < 1.29 is 4.57 Å². The Hall–Kier alpha value is -0.850. The third kappa shape index (κ3) is 9.97. The molecule has 0 bridgehead atoms. The molecule has 0 spiro atoms. The number of hydrogen-bond donors (Lipinski definition) is 0. The van der Waals surface area contributed by atoms with Crippen molar-refractivity contribution in [3.63, 3.8) is 0 Å². The molecule has 1 aromatic rings. The van der Waals surface area contributed by atoms with Crippen molar-refractivity contribution in [3.8, 4) is 0 Å². The van der Waals surface area contributed by atoms with E-state index in [0.29, 0.717) is 0 Å². The summed E-state index contributed by atoms with van der Waals surface area (Å²) in [6.45, 7) is 5.75. The lowest BCUT2D eigenvalue weighted by Crippen LogP contribution is -2.32. The molecule has 0 unspecified atom stereocenters. The van der Waals surface area contributed by atoms with Crippen molar-refractivity contribution in [3.05, 3.63) is 30.1 Å². The van der Waals surface area contributed by atoms with Gasteiger partial charge in [-0.25, -0.2) is 4.57 Å². The van der Waals surface area contributed by atoms with Gasteiger partial charge in [-0.05, 0) is 24.8 Å². The molecular formula is C21H38N+. The van der Waals surface area contributed by atoms with Crippen LogP contribution in [-0.4, -0.2) is 0 Å². The normalized spacial score (nSPS) is 11.0. The Labute approximate surface area is 139 Å². The van der Waals surface area contributed by atoms with Crippen molar-refractivity contribution in [2.75, 3.05) is 0 Å². The fourth-order valence-electron chi connectivity index (χ4n) is 2.99. The van der Waals surface area contributed by atoms with Crippen LogP contribution >= 0.6 is 0 Å². The topological polar surface area (TPSA) is 3.88 Å². The van der Waals surface area contributed by atoms with E-state index < -0.39 is 0 Å². The zero-order valence-electron chi connectivity index (χ0n) is 15.2. The summed E-state index contributed by atoms with van der Waals surface area (Å²) in [5.74, 6) is 0. The number of aromatic nitrogens is 1. The van der Waals surface area contributed by atoms with Crippen LogP contribution in [0.3, 0.4) is 0 Å². The van der Waals surface area contributed by atoms with Gasteiger partial charge >= 0.3 is 0 Å². The van der Waals surface area contributed by atoms with Crippen LogP contribution in [0.4, 0.5) is 0 Å². The lowest BCUT2D eigenvalue weighted by atomic mass is 10.1. The molecule has 1 aromatic heterocycles. The van der Waals surface area contributed by atoms with Gasteiger partial charge in [-0.1, -0.05) is 71.6 Å². The highest BCUT2D eigenvalue weighted by Gasteiger charge is 2.01. The van der Waals surface area contributed by atoms with Gasteiger partial charge in [0.15, 0.2) is 12.4 Å². The number of nitrogens with zero attached hydrogens (tertiary/aromatic N) is 1. The maximum atomic E-state index is 2.35. The maximum absolute atomic E-state index is 2.35. The summed E-state index contributed by atoms with van der Waals surface area (Å²) < 4.78 is 2.35. The summed E-state index contributed by atoms with van der Waals surface area (Å²) in [5, 5.41) is 0. The van der Waals surface area contributed by atoms with Gasteiger partial charge in [0.05, 0.1) is 0 Å². The van der Waals surface area contributed by atoms with Crippen LogP contribution in [-0.2, 0) is 13.0 Å². The van der Waals surface area contributed by atoms with E-state index in [0.717, 1.165) is 0 Å². The molecule has 0 amide bonds. The van der Waals surface area contributed by atoms with E-state index in [2.05, 4.69) is 42.9 Å². The fraction of sp³-hybridized carbons (Fsp3) is 0.762. The predicted octanol–water partition coefficient (Wildman–Crippen LogP) is 6.24. The number of aryl methyl sites for hydroxylation is 2. The third-order valence-electron chi connectivity index (χ3n) is 4.55. The van der Waals surface area contributed by atoms with Gasteiger partial charge in [0.1, 0.15) is 6.54 Å². The highest BCUT2D eigenvalue weighted by atomic mass is 14.9. The summed E-state index contributed by atoms with van der Waals surface area (Å²) in [6.07, 6.45) is 22.4. The summed E-state index contributed by atoms with van der Waals surface area (Å²) in [7, 11) is 0. The molecule has 0 saturated carbocycles. The first-order valence-electron chi connectivity index (χ1n) is 9.84. The Morgan fingerprint density at radius 1 is 0.636 bits per heavy atom. The third-order valence-corrected chi connectivity index (χ3v) is 4.55. The highest BCUT2D eigenvalue weighted by molar-refractivity contribution is 5.07. The first kappa shape index (κ1) is 19.2. The first-order chi connectivity index (χ1) is 10.9. The largest absolute Gasteiger partial charge is 0.205 e. The molecule has 126 valence electrons. The van der Waals surface area contributed by atoms with Crippen LogP contribution in [0.1, 0.15) is 96.5 Å². The molecule has 1 heteroatoms. The van der Waals surface area contributed by atoms with Crippen LogP contribution in [0, 0.1) is 0 Å². The summed E-state index contributed by atoms with van der Waals surface area (Å²) in [6, 6.07) is 4.63. The monoisotopic (exact) mass is 304 g/mol. The van der Waals surface area contributed by atoms with E-state index in [-0.39, 0.29) is 0 Å². The van der Waals surface area contributed by atoms with Crippen LogP contribution < -0.4 is 4.57 Å². The van der Waals surface area contributed by atoms with Gasteiger partial charge in [-0.15, -0.1) is 0 Å². The SMILES string of the molecule is CCCCCCCCCC[n+]1ccc(CCCCCC)cc1. The van der Waals surface area contributed by atoms with Crippen LogP contribution in [0.25, 0.3) is 0 Å². The van der Waals surface area contributed by atoms with Crippen molar-refractivity contribution in [1.82, 2.24) is 0 Å². The molecule has 1 nitrogen and oxygen atoms in total. The van der Waals surface area contributed by atoms with Crippen molar-refractivity contribution >= 4 is 0 Å². The second kappa shape index (κ2) is 13.8. The molecule has 0 aromatic carbocycles. The predicted molar refractivity (Wildman–Crippen MR) is 97.1 cm³/mol. The van der Waals surface area contributed by atoms with E-state index in [9.17, 15) is 0 Å². The molecule has 0 aliphatic carbocycles. The summed E-state index contributed by atoms with van der Waals surface area (Å²) >= 11 is 0. The van der Waals surface area contributed by atoms with E-state index >= 15 is 0 Å². The first-order valence-corrected chi connectivity index (χ1v) is 9.84. The molecule has 0 N–H and O–H groups in total. The Balaban J connectivity index is 2.04.